The summed E-state index contributed by atoms with van der Waals surface area (Å²) in [6.07, 6.45) is 13.5. The minimum Gasteiger partial charge on any atom is -0.489 e. The van der Waals surface area contributed by atoms with Crippen molar-refractivity contribution in [2.75, 3.05) is 39.4 Å². The van der Waals surface area contributed by atoms with Crippen LogP contribution in [0.5, 0.6) is 11.5 Å². The highest BCUT2D eigenvalue weighted by molar-refractivity contribution is 6.32. The molecule has 3 heterocycles. The summed E-state index contributed by atoms with van der Waals surface area (Å²) in [5.74, 6) is 0.00551. The van der Waals surface area contributed by atoms with Gasteiger partial charge < -0.3 is 29.5 Å². The van der Waals surface area contributed by atoms with Crippen LogP contribution < -0.4 is 14.8 Å². The highest BCUT2D eigenvalue weighted by atomic mass is 35.5. The maximum absolute atomic E-state index is 12.2. The number of ether oxygens (including phenoxy) is 3. The van der Waals surface area contributed by atoms with E-state index in [0.29, 0.717) is 48.2 Å². The Bertz CT molecular complexity index is 1980. The molecule has 0 radical (unpaired) electrons. The number of nitrogens with zero attached hydrogens (tertiary/aromatic N) is 4. The van der Waals surface area contributed by atoms with Crippen molar-refractivity contribution in [2.24, 2.45) is 5.92 Å². The van der Waals surface area contributed by atoms with Crippen LogP contribution in [0.25, 0.3) is 5.57 Å². The number of likely N-dealkylation sites (tertiary alicyclic amines) is 2. The van der Waals surface area contributed by atoms with Gasteiger partial charge in [-0.05, 0) is 74.1 Å². The number of aliphatic carboxylic acids is 1. The van der Waals surface area contributed by atoms with E-state index in [9.17, 15) is 20.0 Å². The summed E-state index contributed by atoms with van der Waals surface area (Å²) < 4.78 is 19.9. The Kier molecular flexibility index (Phi) is 13.8. The number of nitrogens with one attached hydrogen (secondary N) is 1. The lowest BCUT2D eigenvalue weighted by Crippen LogP contribution is -2.45. The number of allylic oxidation sites excluding steroid dienone is 2. The van der Waals surface area contributed by atoms with Crippen LogP contribution in [-0.4, -0.2) is 88.8 Å². The molecule has 56 heavy (non-hydrogen) atoms. The maximum atomic E-state index is 12.2. The molecular weight excluding hydrogens is 730 g/mol. The van der Waals surface area contributed by atoms with Crippen LogP contribution in [0.4, 0.5) is 0 Å². The average molecular weight is 782 g/mol. The van der Waals surface area contributed by atoms with Gasteiger partial charge in [-0.25, -0.2) is 0 Å². The lowest BCUT2D eigenvalue weighted by Gasteiger charge is -2.40. The number of benzene rings is 2. The van der Waals surface area contributed by atoms with Gasteiger partial charge in [0, 0.05) is 81.3 Å². The Labute approximate surface area is 334 Å². The third-order valence-electron chi connectivity index (χ3n) is 11.1. The molecule has 1 aliphatic carbocycles. The van der Waals surface area contributed by atoms with Gasteiger partial charge in [0.15, 0.2) is 0 Å². The summed E-state index contributed by atoms with van der Waals surface area (Å²) in [4.78, 5) is 32.3. The fourth-order valence-electron chi connectivity index (χ4n) is 8.07. The lowest BCUT2D eigenvalue weighted by molar-refractivity contribution is -0.144. The fourth-order valence-corrected chi connectivity index (χ4v) is 8.31. The van der Waals surface area contributed by atoms with Crippen molar-refractivity contribution < 1.29 is 28.9 Å². The molecule has 296 valence electrons. The van der Waals surface area contributed by atoms with E-state index in [-0.39, 0.29) is 31.1 Å². The Morgan fingerprint density at radius 3 is 2.73 bits per heavy atom. The Morgan fingerprint density at radius 1 is 1.11 bits per heavy atom. The zero-order valence-electron chi connectivity index (χ0n) is 32.5. The summed E-state index contributed by atoms with van der Waals surface area (Å²) in [7, 11) is 0. The van der Waals surface area contributed by atoms with Crippen LogP contribution >= 0.6 is 11.6 Å². The van der Waals surface area contributed by atoms with Gasteiger partial charge in [-0.3, -0.25) is 19.5 Å². The third kappa shape index (κ3) is 10.2. The molecule has 3 unspecified atom stereocenters. The molecule has 2 fully saturated rings. The summed E-state index contributed by atoms with van der Waals surface area (Å²) in [6.45, 7) is 10.3. The third-order valence-corrected chi connectivity index (χ3v) is 11.4. The van der Waals surface area contributed by atoms with Crippen LogP contribution in [0.3, 0.4) is 0 Å². The van der Waals surface area contributed by atoms with Crippen LogP contribution in [0.2, 0.25) is 5.02 Å². The van der Waals surface area contributed by atoms with Gasteiger partial charge in [0.25, 0.3) is 0 Å². The highest BCUT2D eigenvalue weighted by Crippen LogP contribution is 2.42. The van der Waals surface area contributed by atoms with Crippen LogP contribution in [0, 0.1) is 24.2 Å². The molecule has 11 nitrogen and oxygen atoms in total. The van der Waals surface area contributed by atoms with Crippen molar-refractivity contribution in [3.8, 4) is 17.6 Å². The SMILES string of the molecule is CC(=O)NC1CCN(CCCOC2(COc3cc(OCc4cncc(C#N)c4)c(CN4CCCC[C@H]4C(=O)O)cc3Cl)C=CC=C(c3ccccc3C)C2C)C1. The molecule has 6 rings (SSSR count). The Balaban J connectivity index is 1.24. The number of amides is 1. The summed E-state index contributed by atoms with van der Waals surface area (Å²) in [6, 6.07) is 15.4. The van der Waals surface area contributed by atoms with E-state index in [2.05, 4.69) is 65.5 Å². The number of aromatic nitrogens is 1. The van der Waals surface area contributed by atoms with E-state index in [1.54, 1.807) is 31.3 Å². The first kappa shape index (κ1) is 40.9. The molecule has 2 N–H and O–H groups in total. The molecule has 0 saturated carbocycles. The predicted octanol–water partition coefficient (Wildman–Crippen LogP) is 6.96. The molecular formula is C44H52ClN5O6. The van der Waals surface area contributed by atoms with Crippen molar-refractivity contribution in [3.05, 3.63) is 106 Å². The monoisotopic (exact) mass is 781 g/mol. The number of nitriles is 1. The molecule has 0 spiro atoms. The Morgan fingerprint density at radius 2 is 1.95 bits per heavy atom. The number of hydrogen-bond acceptors (Lipinski definition) is 9. The number of rotatable bonds is 16. The average Bonchev–Trinajstić information content (AvgIpc) is 3.63. The predicted molar refractivity (Wildman–Crippen MR) is 215 cm³/mol. The van der Waals surface area contributed by atoms with E-state index in [1.807, 2.05) is 17.0 Å². The van der Waals surface area contributed by atoms with Crippen molar-refractivity contribution >= 4 is 29.1 Å². The standard InChI is InChI=1S/C44H52ClN5O6/c1-30-10-4-5-11-37(30)38-12-8-15-44(31(38)2,56-19-9-16-49-18-14-36(27-49)48-32(3)51)29-55-42-22-41(54-28-34-20-33(23-46)24-47-25-34)35(21-39(42)45)26-50-17-7-6-13-40(50)43(52)53/h4-5,8,10-12,15,20-22,24-25,31,36,40H,6-7,9,13-14,16-19,26-29H2,1-3H3,(H,48,51)(H,52,53)/t31?,36?,40-,44?/m0/s1. The minimum atomic E-state index is -0.841. The fraction of sp³-hybridized carbons (Fsp3) is 0.455. The number of hydrogen-bond donors (Lipinski definition) is 2. The van der Waals surface area contributed by atoms with Gasteiger partial charge in [0.2, 0.25) is 5.91 Å². The molecule has 2 aromatic carbocycles. The zero-order chi connectivity index (χ0) is 39.7. The molecule has 2 aliphatic heterocycles. The Hall–Kier alpha value is -4.73. The highest BCUT2D eigenvalue weighted by Gasteiger charge is 2.40. The normalized spacial score (nSPS) is 22.6. The largest absolute Gasteiger partial charge is 0.489 e. The van der Waals surface area contributed by atoms with Crippen LogP contribution in [0.15, 0.2) is 73.1 Å². The number of carbonyl (C=O) groups is 2. The van der Waals surface area contributed by atoms with Crippen molar-refractivity contribution in [3.63, 3.8) is 0 Å². The van der Waals surface area contributed by atoms with Crippen LogP contribution in [-0.2, 0) is 27.5 Å². The number of aryl methyl sites for hydroxylation is 1. The summed E-state index contributed by atoms with van der Waals surface area (Å²) in [5, 5.41) is 22.8. The van der Waals surface area contributed by atoms with E-state index < -0.39 is 17.6 Å². The molecule has 1 aromatic heterocycles. The van der Waals surface area contributed by atoms with E-state index in [0.717, 1.165) is 67.6 Å². The molecule has 4 atom stereocenters. The first-order valence-electron chi connectivity index (χ1n) is 19.5. The smallest absolute Gasteiger partial charge is 0.320 e. The van der Waals surface area contributed by atoms with Gasteiger partial charge in [-0.15, -0.1) is 0 Å². The number of halogens is 1. The molecule has 2 saturated heterocycles. The molecule has 1 amide bonds. The topological polar surface area (TPSA) is 137 Å². The van der Waals surface area contributed by atoms with E-state index in [1.165, 1.54) is 11.8 Å². The second kappa shape index (κ2) is 18.9. The second-order valence-electron chi connectivity index (χ2n) is 15.1. The lowest BCUT2D eigenvalue weighted by atomic mass is 9.76. The maximum Gasteiger partial charge on any atom is 0.320 e. The number of piperidine rings is 1. The van der Waals surface area contributed by atoms with Gasteiger partial charge in [-0.1, -0.05) is 61.4 Å². The summed E-state index contributed by atoms with van der Waals surface area (Å²) >= 11 is 7.00. The number of carboxylic acid groups (broad SMARTS) is 1. The van der Waals surface area contributed by atoms with Gasteiger partial charge in [0.05, 0.1) is 10.6 Å². The van der Waals surface area contributed by atoms with Crippen LogP contribution in [0.1, 0.15) is 73.8 Å². The van der Waals surface area contributed by atoms with Gasteiger partial charge in [-0.2, -0.15) is 5.26 Å². The number of carboxylic acids is 1. The number of carbonyl (C=O) groups excluding carboxylic acids is 1. The van der Waals surface area contributed by atoms with Crippen molar-refractivity contribution in [2.45, 2.75) is 83.7 Å². The molecule has 3 aliphatic rings. The second-order valence-corrected chi connectivity index (χ2v) is 15.6. The van der Waals surface area contributed by atoms with Crippen molar-refractivity contribution in [1.82, 2.24) is 20.1 Å². The van der Waals surface area contributed by atoms with Gasteiger partial charge in [0.1, 0.15) is 42.4 Å². The van der Waals surface area contributed by atoms with E-state index >= 15 is 0 Å². The molecule has 0 bridgehead atoms. The summed E-state index contributed by atoms with van der Waals surface area (Å²) in [5.41, 5.74) is 4.54. The van der Waals surface area contributed by atoms with E-state index in [4.69, 9.17) is 25.8 Å². The minimum absolute atomic E-state index is 0.00245. The molecule has 3 aromatic rings. The van der Waals surface area contributed by atoms with Gasteiger partial charge >= 0.3 is 5.97 Å². The zero-order valence-corrected chi connectivity index (χ0v) is 33.3. The van der Waals surface area contributed by atoms with Crippen molar-refractivity contribution in [1.29, 1.82) is 5.26 Å². The molecule has 12 heteroatoms. The quantitative estimate of drug-likeness (QED) is 0.147. The first-order valence-corrected chi connectivity index (χ1v) is 19.9. The first-order chi connectivity index (χ1) is 27.0. The number of pyridine rings is 1.